The molecule has 2 aliphatic rings. The number of carbonyl (C=O) groups excluding carboxylic acids is 4. The van der Waals surface area contributed by atoms with E-state index in [1.807, 2.05) is 50.3 Å². The van der Waals surface area contributed by atoms with Gasteiger partial charge in [0.05, 0.1) is 12.8 Å². The fourth-order valence-electron chi connectivity index (χ4n) is 6.87. The molecule has 310 valence electrons. The Labute approximate surface area is 351 Å². The third-order valence-electron chi connectivity index (χ3n) is 9.91. The predicted molar refractivity (Wildman–Crippen MR) is 224 cm³/mol. The molecule has 0 N–H and O–H groups in total. The molecule has 2 aliphatic carbocycles. The fraction of sp³-hybridized carbons (Fsp3) is 0.217. The van der Waals surface area contributed by atoms with Crippen molar-refractivity contribution in [2.75, 3.05) is 38.9 Å². The molecule has 0 amide bonds. The molecule has 2 atom stereocenters. The van der Waals surface area contributed by atoms with Gasteiger partial charge in [0.2, 0.25) is 0 Å². The van der Waals surface area contributed by atoms with Crippen LogP contribution in [-0.2, 0) is 60.5 Å². The zero-order valence-electron chi connectivity index (χ0n) is 33.1. The number of esters is 4. The van der Waals surface area contributed by atoms with Crippen LogP contribution >= 0.6 is 0 Å². The Bertz CT molecular complexity index is 2280. The van der Waals surface area contributed by atoms with Crippen LogP contribution in [0.2, 0.25) is 0 Å². The van der Waals surface area contributed by atoms with E-state index in [0.717, 1.165) is 44.5 Å². The van der Waals surface area contributed by atoms with Crippen LogP contribution in [-0.4, -0.2) is 71.9 Å². The van der Waals surface area contributed by atoms with Crippen LogP contribution in [0.15, 0.2) is 106 Å². The molecule has 60 heavy (non-hydrogen) atoms. The topological polar surface area (TPSA) is 151 Å². The first-order valence-electron chi connectivity index (χ1n) is 18.6. The fourth-order valence-corrected chi connectivity index (χ4v) is 7.91. The number of hydrogen-bond donors (Lipinski definition) is 0. The van der Waals surface area contributed by atoms with Crippen molar-refractivity contribution in [2.45, 2.75) is 36.5 Å². The molecule has 0 radical (unpaired) electrons. The average molecular weight is 855 g/mol. The van der Waals surface area contributed by atoms with E-state index in [1.165, 1.54) is 24.3 Å². The summed E-state index contributed by atoms with van der Waals surface area (Å²) in [6, 6.07) is 23.0. The van der Waals surface area contributed by atoms with Crippen LogP contribution < -0.4 is 0 Å². The van der Waals surface area contributed by atoms with Gasteiger partial charge in [0.25, 0.3) is 0 Å². The zero-order chi connectivity index (χ0) is 43.1. The summed E-state index contributed by atoms with van der Waals surface area (Å²) in [5.74, 6) is -4.24. The van der Waals surface area contributed by atoms with Crippen molar-refractivity contribution in [3.05, 3.63) is 141 Å². The minimum Gasteiger partial charge on any atom is -0.612 e. The molecular weight excluding hydrogens is 815 g/mol. The van der Waals surface area contributed by atoms with Crippen LogP contribution in [0.1, 0.15) is 60.1 Å². The molecule has 6 rings (SSSR count). The van der Waals surface area contributed by atoms with Crippen LogP contribution in [0.25, 0.3) is 34.4 Å². The smallest absolute Gasteiger partial charge is 0.344 e. The summed E-state index contributed by atoms with van der Waals surface area (Å²) in [5, 5.41) is 0. The van der Waals surface area contributed by atoms with Gasteiger partial charge < -0.3 is 28.1 Å². The van der Waals surface area contributed by atoms with Gasteiger partial charge in [-0.25, -0.2) is 18.4 Å². The van der Waals surface area contributed by atoms with Crippen molar-refractivity contribution in [3.8, 4) is 0 Å². The van der Waals surface area contributed by atoms with E-state index < -0.39 is 71.1 Å². The monoisotopic (exact) mass is 854 g/mol. The maximum absolute atomic E-state index is 14.3. The van der Waals surface area contributed by atoms with Gasteiger partial charge in [0.1, 0.15) is 37.4 Å². The molecule has 4 aromatic rings. The van der Waals surface area contributed by atoms with Crippen molar-refractivity contribution < 1.29 is 56.0 Å². The summed E-state index contributed by atoms with van der Waals surface area (Å²) in [6.07, 6.45) is 6.49. The molecule has 0 aliphatic heterocycles. The highest BCUT2D eigenvalue weighted by atomic mass is 32.2. The molecular formula is C46H40F2O10S2. The quantitative estimate of drug-likeness (QED) is 0.0503. The highest BCUT2D eigenvalue weighted by Crippen LogP contribution is 2.45. The normalized spacial score (nSPS) is 15.5. The average Bonchev–Trinajstić information content (AvgIpc) is 3.61. The Morgan fingerprint density at radius 3 is 1.25 bits per heavy atom. The van der Waals surface area contributed by atoms with E-state index in [4.69, 9.17) is 18.9 Å². The summed E-state index contributed by atoms with van der Waals surface area (Å²) in [7, 11) is 0. The van der Waals surface area contributed by atoms with Crippen molar-refractivity contribution in [1.82, 2.24) is 0 Å². The highest BCUT2D eigenvalue weighted by Gasteiger charge is 2.28. The number of benzene rings is 4. The Morgan fingerprint density at radius 2 is 0.900 bits per heavy atom. The van der Waals surface area contributed by atoms with Gasteiger partial charge in [-0.3, -0.25) is 9.59 Å². The summed E-state index contributed by atoms with van der Waals surface area (Å²) in [4.78, 5) is 51.6. The van der Waals surface area contributed by atoms with Gasteiger partial charge in [0, 0.05) is 0 Å². The number of carbonyl (C=O) groups is 4. The van der Waals surface area contributed by atoms with Crippen molar-refractivity contribution in [3.63, 3.8) is 0 Å². The third-order valence-corrected chi connectivity index (χ3v) is 11.8. The first-order chi connectivity index (χ1) is 28.7. The van der Waals surface area contributed by atoms with Crippen LogP contribution in [0.4, 0.5) is 8.78 Å². The van der Waals surface area contributed by atoms with E-state index in [-0.39, 0.29) is 26.1 Å². The van der Waals surface area contributed by atoms with Crippen molar-refractivity contribution in [2.24, 2.45) is 0 Å². The second-order valence-electron chi connectivity index (χ2n) is 13.9. The molecule has 0 bridgehead atoms. The third kappa shape index (κ3) is 10.7. The molecule has 0 fully saturated rings. The van der Waals surface area contributed by atoms with E-state index in [0.29, 0.717) is 32.1 Å². The Morgan fingerprint density at radius 1 is 0.533 bits per heavy atom. The Hall–Kier alpha value is -5.80. The number of hydrogen-bond acceptors (Lipinski definition) is 10. The molecule has 0 aromatic heterocycles. The van der Waals surface area contributed by atoms with E-state index in [2.05, 4.69) is 0 Å². The summed E-state index contributed by atoms with van der Waals surface area (Å²) in [5.41, 5.74) is 8.27. The minimum absolute atomic E-state index is 0.243. The molecule has 0 saturated heterocycles. The first-order valence-corrected chi connectivity index (χ1v) is 21.7. The predicted octanol–water partition coefficient (Wildman–Crippen LogP) is 7.75. The van der Waals surface area contributed by atoms with Gasteiger partial charge in [0.15, 0.2) is 23.0 Å². The van der Waals surface area contributed by atoms with Gasteiger partial charge in [-0.05, 0) is 188 Å². The highest BCUT2D eigenvalue weighted by molar-refractivity contribution is 7.91. The SMILES string of the molecule is CC1=C(CC(=O)OCC(=O)OCCOC(=O)COC(=O)CC2=C(C)/C(=C/c3ccc([S+](C)[O-])cc3)c3ccc(F)cc32)c2cc(F)ccc2/C1=C\c1ccc([S+](C)[O-])cc1. The first kappa shape index (κ1) is 43.8. The van der Waals surface area contributed by atoms with E-state index >= 15 is 0 Å². The Balaban J connectivity index is 0.949. The maximum atomic E-state index is 14.3. The second-order valence-corrected chi connectivity index (χ2v) is 16.6. The van der Waals surface area contributed by atoms with Gasteiger partial charge in [-0.1, -0.05) is 12.1 Å². The number of halogens is 2. The lowest BCUT2D eigenvalue weighted by molar-refractivity contribution is -0.163. The summed E-state index contributed by atoms with van der Waals surface area (Å²) < 4.78 is 72.5. The maximum Gasteiger partial charge on any atom is 0.344 e. The summed E-state index contributed by atoms with van der Waals surface area (Å²) >= 11 is -2.26. The van der Waals surface area contributed by atoms with E-state index in [9.17, 15) is 37.1 Å². The van der Waals surface area contributed by atoms with Gasteiger partial charge in [-0.15, -0.1) is 0 Å². The van der Waals surface area contributed by atoms with Crippen molar-refractivity contribution in [1.29, 1.82) is 0 Å². The number of allylic oxidation sites excluding steroid dienone is 4. The standard InChI is InChI=1S/C46H40F2O10S2/c1-27-37(19-29-5-11-33(12-6-29)59(3)53)35-15-9-31(47)21-41(35)39(27)23-43(49)57-25-45(51)55-17-18-56-46(52)26-58-44(50)24-40-28(2)38(36-16-10-32(48)22-42(36)40)20-30-7-13-34(14-8-30)60(4)54/h5-16,19-22H,17-18,23-26H2,1-4H3/b37-19-,38-20-. The van der Waals surface area contributed by atoms with Crippen molar-refractivity contribution >= 4 is 80.7 Å². The van der Waals surface area contributed by atoms with Crippen LogP contribution in [0.3, 0.4) is 0 Å². The van der Waals surface area contributed by atoms with E-state index in [1.54, 1.807) is 48.9 Å². The lowest BCUT2D eigenvalue weighted by Crippen LogP contribution is -2.21. The number of ether oxygens (including phenoxy) is 4. The molecule has 10 nitrogen and oxygen atoms in total. The molecule has 0 saturated carbocycles. The lowest BCUT2D eigenvalue weighted by Gasteiger charge is -2.09. The van der Waals surface area contributed by atoms with Gasteiger partial charge in [-0.2, -0.15) is 0 Å². The lowest BCUT2D eigenvalue weighted by atomic mass is 10.0. The largest absolute Gasteiger partial charge is 0.612 e. The zero-order valence-corrected chi connectivity index (χ0v) is 34.8. The minimum atomic E-state index is -1.13. The van der Waals surface area contributed by atoms with Crippen LogP contribution in [0.5, 0.6) is 0 Å². The molecule has 14 heteroatoms. The molecule has 2 unspecified atom stereocenters. The number of fused-ring (bicyclic) bond motifs is 2. The van der Waals surface area contributed by atoms with Gasteiger partial charge >= 0.3 is 23.9 Å². The van der Waals surface area contributed by atoms with Crippen LogP contribution in [0, 0.1) is 11.6 Å². The summed E-state index contributed by atoms with van der Waals surface area (Å²) in [6.45, 7) is 1.46. The molecule has 0 spiro atoms. The molecule has 4 aromatic carbocycles. The molecule has 0 heterocycles. The Kier molecular flexibility index (Phi) is 14.2. The second kappa shape index (κ2) is 19.5. The number of rotatable bonds is 15.